The fourth-order valence-corrected chi connectivity index (χ4v) is 8.98. The molecule has 1 fully saturated rings. The van der Waals surface area contributed by atoms with Gasteiger partial charge < -0.3 is 19.8 Å². The molecular weight excluding hydrogens is 927 g/mol. The molecule has 0 saturated heterocycles. The molecule has 7 aromatic rings. The molecule has 4 heterocycles. The van der Waals surface area contributed by atoms with Crippen LogP contribution in [0.4, 0.5) is 40.9 Å². The van der Waals surface area contributed by atoms with Gasteiger partial charge in [0.05, 0.1) is 28.1 Å². The minimum absolute atomic E-state index is 0. The maximum Gasteiger partial charge on any atom is 1.00 e. The van der Waals surface area contributed by atoms with Gasteiger partial charge in [-0.05, 0) is 66.2 Å². The number of benzene rings is 3. The molecule has 4 aromatic heterocycles. The van der Waals surface area contributed by atoms with Crippen molar-refractivity contribution in [2.45, 2.75) is 50.1 Å². The van der Waals surface area contributed by atoms with Crippen molar-refractivity contribution in [3.63, 3.8) is 0 Å². The number of nitrogens with one attached hydrogen (secondary N) is 1. The standard InChI is InChI=1S/C40H29ClF8N10O4S.Na/c1-57-32-27(6-5-23(41)30(32)37(55-57)56-64(2,62)63)59-38(53-25-12-17(3-4-20(25)39(59)61)36-50-8-7-24(52-36)34(44)45)26(11-16-9-18(42)13-19(43)10-16)51-28(60)15-58-33-29(31(54-58)35(46)47)21-14-22(21)40(33,48)49;/h3-10,12-13,21-22,26,34-35H,11,14-15H2,1-2H3,(H2,51,55,56,60);/q;+1/p-1/t21-,22+,26-;/m0./s1. The molecule has 0 bridgehead atoms. The minimum Gasteiger partial charge on any atom is -0.373 e. The van der Waals surface area contributed by atoms with Crippen LogP contribution in [-0.2, 0) is 40.8 Å². The molecule has 2 aliphatic carbocycles. The van der Waals surface area contributed by atoms with E-state index in [1.807, 2.05) is 0 Å². The number of carbonyl (C=O) groups is 1. The van der Waals surface area contributed by atoms with Gasteiger partial charge in [0.25, 0.3) is 24.3 Å². The number of aromatic nitrogens is 8. The van der Waals surface area contributed by atoms with Crippen molar-refractivity contribution in [2.24, 2.45) is 13.0 Å². The molecule has 9 rings (SSSR count). The Morgan fingerprint density at radius 3 is 2.40 bits per heavy atom. The first-order valence-electron chi connectivity index (χ1n) is 19.0. The largest absolute Gasteiger partial charge is 1.00 e. The number of nitrogens with zero attached hydrogens (tertiary/aromatic N) is 9. The zero-order chi connectivity index (χ0) is 45.7. The van der Waals surface area contributed by atoms with Gasteiger partial charge in [0, 0.05) is 59.4 Å². The second kappa shape index (κ2) is 16.7. The number of amides is 1. The van der Waals surface area contributed by atoms with Gasteiger partial charge in [0.2, 0.25) is 5.91 Å². The molecule has 0 unspecified atom stereocenters. The molecular formula is C40H28ClF8N10NaO4S. The van der Waals surface area contributed by atoms with Crippen molar-refractivity contribution in [1.29, 1.82) is 0 Å². The van der Waals surface area contributed by atoms with Crippen molar-refractivity contribution >= 4 is 55.2 Å². The number of carbonyl (C=O) groups excluding carboxylic acids is 1. The first kappa shape index (κ1) is 46.1. The molecule has 3 atom stereocenters. The molecule has 0 spiro atoms. The quantitative estimate of drug-likeness (QED) is 0.131. The summed E-state index contributed by atoms with van der Waals surface area (Å²) in [4.78, 5) is 41.8. The monoisotopic (exact) mass is 954 g/mol. The predicted molar refractivity (Wildman–Crippen MR) is 213 cm³/mol. The molecule has 2 aliphatic rings. The third-order valence-corrected chi connectivity index (χ3v) is 11.7. The van der Waals surface area contributed by atoms with Gasteiger partial charge in [-0.1, -0.05) is 17.7 Å². The van der Waals surface area contributed by atoms with E-state index < -0.39 is 106 Å². The molecule has 14 nitrogen and oxygen atoms in total. The second-order valence-corrected chi connectivity index (χ2v) is 17.3. The van der Waals surface area contributed by atoms with Crippen LogP contribution in [0.25, 0.3) is 43.6 Å². The number of alkyl halides is 6. The molecule has 3 aromatic carbocycles. The Hall–Kier alpha value is -5.49. The number of sulfonamides is 1. The van der Waals surface area contributed by atoms with Gasteiger partial charge >= 0.3 is 29.6 Å². The number of fused-ring (bicyclic) bond motifs is 5. The molecule has 65 heavy (non-hydrogen) atoms. The first-order valence-corrected chi connectivity index (χ1v) is 21.2. The third kappa shape index (κ3) is 8.36. The Bertz CT molecular complexity index is 3260. The number of halogens is 9. The van der Waals surface area contributed by atoms with Crippen LogP contribution in [-0.4, -0.2) is 59.7 Å². The maximum absolute atomic E-state index is 15.5. The van der Waals surface area contributed by atoms with Crippen molar-refractivity contribution in [3.8, 4) is 17.1 Å². The van der Waals surface area contributed by atoms with Gasteiger partial charge in [-0.15, -0.1) is 0 Å². The second-order valence-electron chi connectivity index (χ2n) is 15.3. The zero-order valence-electron chi connectivity index (χ0n) is 33.7. The molecule has 25 heteroatoms. The Morgan fingerprint density at radius 1 is 1.00 bits per heavy atom. The summed E-state index contributed by atoms with van der Waals surface area (Å²) in [6.07, 6.45) is -4.92. The SMILES string of the molecule is Cn1nc([N-]S(C)(=O)=O)c2c(Cl)ccc(-n3c([C@H](Cc4cc(F)cc(F)c4)NC(=O)Cn4nc(C(F)F)c5c4C(F)(F)[C@@H]4C[C@H]54)nc4cc(-c5nccc(C(F)F)n5)ccc4c3=O)c21.[Na+]. The average Bonchev–Trinajstić information content (AvgIpc) is 3.75. The summed E-state index contributed by atoms with van der Waals surface area (Å²) in [5.41, 5.74) is -3.80. The van der Waals surface area contributed by atoms with Crippen LogP contribution in [0.1, 0.15) is 65.3 Å². The van der Waals surface area contributed by atoms with E-state index in [1.165, 1.54) is 37.4 Å². The zero-order valence-corrected chi connectivity index (χ0v) is 37.3. The van der Waals surface area contributed by atoms with E-state index in [0.29, 0.717) is 10.7 Å². The maximum atomic E-state index is 15.5. The van der Waals surface area contributed by atoms with Crippen LogP contribution < -0.4 is 40.4 Å². The first-order chi connectivity index (χ1) is 30.2. The van der Waals surface area contributed by atoms with E-state index in [9.17, 15) is 44.3 Å². The topological polar surface area (TPSA) is 174 Å². The summed E-state index contributed by atoms with van der Waals surface area (Å²) < 4.78 is 147. The van der Waals surface area contributed by atoms with Gasteiger partial charge in [-0.3, -0.25) is 18.8 Å². The summed E-state index contributed by atoms with van der Waals surface area (Å²) in [7, 11) is -2.70. The van der Waals surface area contributed by atoms with Crippen LogP contribution in [0.15, 0.2) is 65.6 Å². The van der Waals surface area contributed by atoms with Crippen molar-refractivity contribution in [3.05, 3.63) is 127 Å². The Labute approximate surface area is 388 Å². The fourth-order valence-electron chi connectivity index (χ4n) is 8.31. The van der Waals surface area contributed by atoms with Crippen molar-refractivity contribution in [1.82, 2.24) is 44.4 Å². The van der Waals surface area contributed by atoms with E-state index >= 15 is 8.78 Å². The molecule has 0 radical (unpaired) electrons. The molecule has 332 valence electrons. The Balaban J connectivity index is 0.00000576. The normalized spacial score (nSPS) is 16.8. The van der Waals surface area contributed by atoms with Crippen LogP contribution in [0, 0.1) is 17.6 Å². The van der Waals surface area contributed by atoms with E-state index in [1.54, 1.807) is 0 Å². The summed E-state index contributed by atoms with van der Waals surface area (Å²) in [5, 5.41) is 10.3. The van der Waals surface area contributed by atoms with Crippen LogP contribution in [0.3, 0.4) is 0 Å². The molecule has 1 amide bonds. The minimum atomic E-state index is -4.09. The van der Waals surface area contributed by atoms with E-state index in [0.717, 1.165) is 39.9 Å². The number of aryl methyl sites for hydroxylation is 1. The van der Waals surface area contributed by atoms with Gasteiger partial charge in [0.15, 0.2) is 15.8 Å². The summed E-state index contributed by atoms with van der Waals surface area (Å²) in [5.74, 6) is -9.88. The number of hydrogen-bond acceptors (Lipinski definition) is 9. The third-order valence-electron chi connectivity index (χ3n) is 10.9. The number of hydrogen-bond donors (Lipinski definition) is 1. The van der Waals surface area contributed by atoms with Crippen LogP contribution >= 0.6 is 11.6 Å². The molecule has 1 N–H and O–H groups in total. The van der Waals surface area contributed by atoms with E-state index in [-0.39, 0.29) is 96.8 Å². The van der Waals surface area contributed by atoms with Crippen LogP contribution in [0.5, 0.6) is 0 Å². The van der Waals surface area contributed by atoms with Crippen LogP contribution in [0.2, 0.25) is 5.02 Å². The molecule has 0 aliphatic heterocycles. The Kier molecular flexibility index (Phi) is 11.9. The van der Waals surface area contributed by atoms with E-state index in [4.69, 9.17) is 16.6 Å². The average molecular weight is 955 g/mol. The van der Waals surface area contributed by atoms with Gasteiger partial charge in [-0.25, -0.2) is 49.7 Å². The van der Waals surface area contributed by atoms with Crippen molar-refractivity contribution in [2.75, 3.05) is 6.26 Å². The number of rotatable bonds is 12. The summed E-state index contributed by atoms with van der Waals surface area (Å²) in [6, 6.07) is 8.32. The van der Waals surface area contributed by atoms with Gasteiger partial charge in [0.1, 0.15) is 41.1 Å². The van der Waals surface area contributed by atoms with Gasteiger partial charge in [-0.2, -0.15) is 13.9 Å². The van der Waals surface area contributed by atoms with E-state index in [2.05, 4.69) is 30.2 Å². The molecule has 1 saturated carbocycles. The summed E-state index contributed by atoms with van der Waals surface area (Å²) >= 11 is 6.58. The fraction of sp³-hybridized carbons (Fsp3) is 0.275. The Morgan fingerprint density at radius 2 is 1.72 bits per heavy atom. The smallest absolute Gasteiger partial charge is 0.373 e. The predicted octanol–water partition coefficient (Wildman–Crippen LogP) is 5.01. The summed E-state index contributed by atoms with van der Waals surface area (Å²) in [6.45, 7) is -1.05. The van der Waals surface area contributed by atoms with Crippen molar-refractivity contribution < 1.29 is 77.9 Å².